The highest BCUT2D eigenvalue weighted by atomic mass is 15.2. The normalized spacial score (nSPS) is 36.2. The van der Waals surface area contributed by atoms with Crippen molar-refractivity contribution < 1.29 is 0 Å². The molecule has 2 nitrogen and oxygen atoms in total. The molecule has 1 saturated carbocycles. The summed E-state index contributed by atoms with van der Waals surface area (Å²) >= 11 is 0. The molecular weight excluding hydrogens is 184 g/mol. The van der Waals surface area contributed by atoms with Gasteiger partial charge in [0.1, 0.15) is 0 Å². The summed E-state index contributed by atoms with van der Waals surface area (Å²) in [4.78, 5) is 2.62. The Hall–Kier alpha value is -0.0800. The summed E-state index contributed by atoms with van der Waals surface area (Å²) in [6.07, 6.45) is 7.03. The van der Waals surface area contributed by atoms with Gasteiger partial charge in [-0.05, 0) is 31.6 Å². The lowest BCUT2D eigenvalue weighted by atomic mass is 9.80. The molecule has 0 bridgehead atoms. The maximum absolute atomic E-state index is 6.09. The molecule has 3 unspecified atom stereocenters. The van der Waals surface area contributed by atoms with Gasteiger partial charge in [0.05, 0.1) is 0 Å². The minimum Gasteiger partial charge on any atom is -0.327 e. The van der Waals surface area contributed by atoms with E-state index in [0.717, 1.165) is 24.4 Å². The Morgan fingerprint density at radius 1 is 1.33 bits per heavy atom. The van der Waals surface area contributed by atoms with E-state index >= 15 is 0 Å². The molecule has 2 heteroatoms. The molecule has 1 saturated heterocycles. The molecular formula is C13H26N2. The molecule has 0 aromatic carbocycles. The largest absolute Gasteiger partial charge is 0.327 e. The molecule has 2 aliphatic rings. The molecule has 2 N–H and O–H groups in total. The van der Waals surface area contributed by atoms with Crippen LogP contribution >= 0.6 is 0 Å². The Balaban J connectivity index is 1.79. The number of rotatable bonds is 3. The molecule has 0 radical (unpaired) electrons. The van der Waals surface area contributed by atoms with E-state index in [4.69, 9.17) is 5.73 Å². The molecule has 1 aliphatic heterocycles. The van der Waals surface area contributed by atoms with Crippen molar-refractivity contribution in [2.75, 3.05) is 13.1 Å². The van der Waals surface area contributed by atoms with Crippen molar-refractivity contribution in [3.63, 3.8) is 0 Å². The third-order valence-electron chi connectivity index (χ3n) is 4.24. The van der Waals surface area contributed by atoms with Crippen molar-refractivity contribution in [3.8, 4) is 0 Å². The second-order valence-corrected chi connectivity index (χ2v) is 5.94. The number of hydrogen-bond acceptors (Lipinski definition) is 2. The van der Waals surface area contributed by atoms with Crippen LogP contribution in [0.25, 0.3) is 0 Å². The molecule has 0 amide bonds. The van der Waals surface area contributed by atoms with Crippen LogP contribution in [-0.2, 0) is 0 Å². The first-order chi connectivity index (χ1) is 7.15. The Labute approximate surface area is 94.2 Å². The minimum atomic E-state index is 0.414. The second kappa shape index (κ2) is 4.84. The summed E-state index contributed by atoms with van der Waals surface area (Å²) in [7, 11) is 0. The maximum Gasteiger partial charge on any atom is 0.0170 e. The van der Waals surface area contributed by atoms with Gasteiger partial charge in [-0.15, -0.1) is 0 Å². The highest BCUT2D eigenvalue weighted by molar-refractivity contribution is 4.84. The lowest BCUT2D eigenvalue weighted by molar-refractivity contribution is 0.0972. The van der Waals surface area contributed by atoms with Gasteiger partial charge in [-0.3, -0.25) is 4.90 Å². The zero-order chi connectivity index (χ0) is 10.8. The van der Waals surface area contributed by atoms with Crippen molar-refractivity contribution in [1.82, 2.24) is 4.90 Å². The molecule has 0 spiro atoms. The summed E-state index contributed by atoms with van der Waals surface area (Å²) < 4.78 is 0. The SMILES string of the molecule is CC1CC(N)CN(C(C)CC2CCC2)C1. The van der Waals surface area contributed by atoms with Gasteiger partial charge in [0.15, 0.2) is 0 Å². The van der Waals surface area contributed by atoms with Crippen molar-refractivity contribution in [3.05, 3.63) is 0 Å². The molecule has 2 fully saturated rings. The van der Waals surface area contributed by atoms with E-state index in [1.165, 1.54) is 38.6 Å². The second-order valence-electron chi connectivity index (χ2n) is 5.94. The average Bonchev–Trinajstić information content (AvgIpc) is 2.09. The first-order valence-electron chi connectivity index (χ1n) is 6.64. The van der Waals surface area contributed by atoms with E-state index in [0.29, 0.717) is 6.04 Å². The highest BCUT2D eigenvalue weighted by Gasteiger charge is 2.28. The summed E-state index contributed by atoms with van der Waals surface area (Å²) in [6.45, 7) is 7.12. The van der Waals surface area contributed by atoms with E-state index in [-0.39, 0.29) is 0 Å². The lowest BCUT2D eigenvalue weighted by Crippen LogP contribution is -2.50. The Morgan fingerprint density at radius 2 is 2.07 bits per heavy atom. The number of nitrogens with zero attached hydrogens (tertiary/aromatic N) is 1. The highest BCUT2D eigenvalue weighted by Crippen LogP contribution is 2.32. The zero-order valence-electron chi connectivity index (χ0n) is 10.3. The topological polar surface area (TPSA) is 29.3 Å². The first-order valence-corrected chi connectivity index (χ1v) is 6.64. The summed E-state index contributed by atoms with van der Waals surface area (Å²) in [5.41, 5.74) is 6.09. The van der Waals surface area contributed by atoms with Gasteiger partial charge >= 0.3 is 0 Å². The number of hydrogen-bond donors (Lipinski definition) is 1. The Morgan fingerprint density at radius 3 is 2.60 bits per heavy atom. The van der Waals surface area contributed by atoms with Gasteiger partial charge in [0, 0.05) is 25.2 Å². The van der Waals surface area contributed by atoms with Gasteiger partial charge in [-0.25, -0.2) is 0 Å². The third-order valence-corrected chi connectivity index (χ3v) is 4.24. The van der Waals surface area contributed by atoms with E-state index in [1.54, 1.807) is 0 Å². The molecule has 3 atom stereocenters. The van der Waals surface area contributed by atoms with E-state index < -0.39 is 0 Å². The molecule has 1 aliphatic carbocycles. The van der Waals surface area contributed by atoms with Crippen LogP contribution < -0.4 is 5.73 Å². The van der Waals surface area contributed by atoms with Crippen LogP contribution in [-0.4, -0.2) is 30.1 Å². The first kappa shape index (κ1) is 11.4. The number of piperidine rings is 1. The quantitative estimate of drug-likeness (QED) is 0.774. The van der Waals surface area contributed by atoms with Crippen LogP contribution in [0, 0.1) is 11.8 Å². The minimum absolute atomic E-state index is 0.414. The average molecular weight is 210 g/mol. The fourth-order valence-electron chi connectivity index (χ4n) is 3.16. The maximum atomic E-state index is 6.09. The van der Waals surface area contributed by atoms with Crippen LogP contribution in [0.15, 0.2) is 0 Å². The summed E-state index contributed by atoms with van der Waals surface area (Å²) in [5, 5.41) is 0. The van der Waals surface area contributed by atoms with Crippen LogP contribution in [0.5, 0.6) is 0 Å². The molecule has 88 valence electrons. The van der Waals surface area contributed by atoms with Crippen molar-refractivity contribution in [2.45, 2.75) is 58.0 Å². The number of nitrogens with two attached hydrogens (primary N) is 1. The van der Waals surface area contributed by atoms with Crippen LogP contribution in [0.1, 0.15) is 46.0 Å². The van der Waals surface area contributed by atoms with Crippen LogP contribution in [0.4, 0.5) is 0 Å². The fourth-order valence-corrected chi connectivity index (χ4v) is 3.16. The van der Waals surface area contributed by atoms with E-state index in [2.05, 4.69) is 18.7 Å². The van der Waals surface area contributed by atoms with E-state index in [1.807, 2.05) is 0 Å². The van der Waals surface area contributed by atoms with Gasteiger partial charge in [-0.1, -0.05) is 26.2 Å². The third kappa shape index (κ3) is 2.94. The molecule has 2 rings (SSSR count). The Kier molecular flexibility index (Phi) is 3.68. The van der Waals surface area contributed by atoms with Gasteiger partial charge < -0.3 is 5.73 Å². The van der Waals surface area contributed by atoms with Crippen molar-refractivity contribution in [1.29, 1.82) is 0 Å². The standard InChI is InChI=1S/C13H26N2/c1-10-6-13(14)9-15(8-10)11(2)7-12-4-3-5-12/h10-13H,3-9,14H2,1-2H3. The molecule has 15 heavy (non-hydrogen) atoms. The zero-order valence-corrected chi connectivity index (χ0v) is 10.3. The molecule has 0 aromatic heterocycles. The number of likely N-dealkylation sites (tertiary alicyclic amines) is 1. The summed E-state index contributed by atoms with van der Waals surface area (Å²) in [5.74, 6) is 1.81. The van der Waals surface area contributed by atoms with Gasteiger partial charge in [0.2, 0.25) is 0 Å². The predicted molar refractivity (Wildman–Crippen MR) is 64.7 cm³/mol. The van der Waals surface area contributed by atoms with Crippen LogP contribution in [0.3, 0.4) is 0 Å². The lowest BCUT2D eigenvalue weighted by Gasteiger charge is -2.41. The van der Waals surface area contributed by atoms with Crippen LogP contribution in [0.2, 0.25) is 0 Å². The van der Waals surface area contributed by atoms with Crippen molar-refractivity contribution in [2.24, 2.45) is 17.6 Å². The fraction of sp³-hybridized carbons (Fsp3) is 1.00. The van der Waals surface area contributed by atoms with Crippen molar-refractivity contribution >= 4 is 0 Å². The smallest absolute Gasteiger partial charge is 0.0170 e. The molecule has 1 heterocycles. The summed E-state index contributed by atoms with van der Waals surface area (Å²) in [6, 6.07) is 1.17. The van der Waals surface area contributed by atoms with Gasteiger partial charge in [0.25, 0.3) is 0 Å². The van der Waals surface area contributed by atoms with E-state index in [9.17, 15) is 0 Å². The van der Waals surface area contributed by atoms with Gasteiger partial charge in [-0.2, -0.15) is 0 Å². The monoisotopic (exact) mass is 210 g/mol. The molecule has 0 aromatic rings. The predicted octanol–water partition coefficient (Wildman–Crippen LogP) is 2.23. The Bertz CT molecular complexity index is 191.